The molecule has 1 aromatic rings. The Kier molecular flexibility index (Phi) is 6.22. The van der Waals surface area contributed by atoms with E-state index in [2.05, 4.69) is 22.2 Å². The largest absolute Gasteiger partial charge is 0.309 e. The minimum absolute atomic E-state index is 0.0993. The van der Waals surface area contributed by atoms with Crippen LogP contribution in [0.25, 0.3) is 0 Å². The summed E-state index contributed by atoms with van der Waals surface area (Å²) in [6, 6.07) is 0. The van der Waals surface area contributed by atoms with Crippen molar-refractivity contribution in [1.29, 1.82) is 0 Å². The maximum atomic E-state index is 11.6. The van der Waals surface area contributed by atoms with Crippen LogP contribution in [0.2, 0.25) is 10.2 Å². The number of halogens is 2. The third kappa shape index (κ3) is 4.88. The van der Waals surface area contributed by atoms with Crippen LogP contribution in [0.3, 0.4) is 0 Å². The van der Waals surface area contributed by atoms with Gasteiger partial charge in [0.15, 0.2) is 11.0 Å². The van der Waals surface area contributed by atoms with E-state index in [0.717, 1.165) is 25.7 Å². The van der Waals surface area contributed by atoms with Crippen LogP contribution in [0.15, 0.2) is 6.33 Å². The fourth-order valence-electron chi connectivity index (χ4n) is 1.34. The highest BCUT2D eigenvalue weighted by Crippen LogP contribution is 2.25. The molecular weight excluding hydrogens is 261 g/mol. The zero-order valence-electron chi connectivity index (χ0n) is 9.67. The van der Waals surface area contributed by atoms with Crippen molar-refractivity contribution in [2.75, 3.05) is 5.32 Å². The molecule has 1 amide bonds. The third-order valence-corrected chi connectivity index (χ3v) is 3.00. The number of nitrogens with one attached hydrogen (secondary N) is 1. The van der Waals surface area contributed by atoms with Crippen LogP contribution in [0.5, 0.6) is 0 Å². The molecule has 0 radical (unpaired) electrons. The molecule has 0 fully saturated rings. The Hall–Kier alpha value is -0.870. The zero-order chi connectivity index (χ0) is 12.7. The molecule has 4 nitrogen and oxygen atoms in total. The topological polar surface area (TPSA) is 54.9 Å². The van der Waals surface area contributed by atoms with Crippen LogP contribution in [-0.2, 0) is 4.79 Å². The Morgan fingerprint density at radius 3 is 2.76 bits per heavy atom. The molecule has 0 bridgehead atoms. The van der Waals surface area contributed by atoms with Gasteiger partial charge < -0.3 is 5.32 Å². The molecule has 1 aromatic heterocycles. The van der Waals surface area contributed by atoms with Gasteiger partial charge in [0.25, 0.3) is 0 Å². The normalized spacial score (nSPS) is 10.3. The summed E-state index contributed by atoms with van der Waals surface area (Å²) in [4.78, 5) is 19.1. The number of anilines is 1. The Labute approximate surface area is 111 Å². The van der Waals surface area contributed by atoms with E-state index in [1.807, 2.05) is 0 Å². The number of aromatic nitrogens is 2. The van der Waals surface area contributed by atoms with Crippen LogP contribution in [0.1, 0.15) is 39.0 Å². The number of amides is 1. The lowest BCUT2D eigenvalue weighted by Crippen LogP contribution is -2.12. The molecule has 0 saturated carbocycles. The van der Waals surface area contributed by atoms with Crippen LogP contribution in [0.4, 0.5) is 5.82 Å². The lowest BCUT2D eigenvalue weighted by molar-refractivity contribution is -0.116. The summed E-state index contributed by atoms with van der Waals surface area (Å²) in [5.74, 6) is 0.171. The van der Waals surface area contributed by atoms with Gasteiger partial charge in [0, 0.05) is 6.42 Å². The molecule has 0 aromatic carbocycles. The van der Waals surface area contributed by atoms with Gasteiger partial charge in [-0.25, -0.2) is 9.97 Å². The highest BCUT2D eigenvalue weighted by Gasteiger charge is 2.10. The molecule has 0 aliphatic carbocycles. The molecule has 6 heteroatoms. The fraction of sp³-hybridized carbons (Fsp3) is 0.545. The van der Waals surface area contributed by atoms with Gasteiger partial charge >= 0.3 is 0 Å². The molecule has 0 aliphatic rings. The SMILES string of the molecule is CCCCCCC(=O)Nc1ncnc(Cl)c1Cl. The van der Waals surface area contributed by atoms with Crippen molar-refractivity contribution in [2.45, 2.75) is 39.0 Å². The Bertz CT molecular complexity index is 385. The van der Waals surface area contributed by atoms with Gasteiger partial charge in [0.05, 0.1) is 0 Å². The van der Waals surface area contributed by atoms with Crippen LogP contribution in [0, 0.1) is 0 Å². The predicted molar refractivity (Wildman–Crippen MR) is 69.4 cm³/mol. The number of hydrogen-bond acceptors (Lipinski definition) is 3. The molecule has 0 saturated heterocycles. The Balaban J connectivity index is 2.43. The molecule has 94 valence electrons. The number of hydrogen-bond donors (Lipinski definition) is 1. The summed E-state index contributed by atoms with van der Waals surface area (Å²) in [5, 5.41) is 2.94. The minimum atomic E-state index is -0.0993. The first-order chi connectivity index (χ1) is 8.15. The molecule has 0 spiro atoms. The monoisotopic (exact) mass is 275 g/mol. The standard InChI is InChI=1S/C11H15Cl2N3O/c1-2-3-4-5-6-8(17)16-11-9(12)10(13)14-7-15-11/h7H,2-6H2,1H3,(H,14,15,16,17). The molecule has 17 heavy (non-hydrogen) atoms. The van der Waals surface area contributed by atoms with Gasteiger partial charge in [-0.15, -0.1) is 0 Å². The predicted octanol–water partition coefficient (Wildman–Crippen LogP) is 3.69. The third-order valence-electron chi connectivity index (χ3n) is 2.26. The van der Waals surface area contributed by atoms with E-state index in [1.54, 1.807) is 0 Å². The molecule has 1 N–H and O–H groups in total. The van der Waals surface area contributed by atoms with Crippen molar-refractivity contribution in [1.82, 2.24) is 9.97 Å². The number of rotatable bonds is 6. The molecular formula is C11H15Cl2N3O. The number of unbranched alkanes of at least 4 members (excludes halogenated alkanes) is 3. The minimum Gasteiger partial charge on any atom is -0.309 e. The van der Waals surface area contributed by atoms with E-state index in [4.69, 9.17) is 23.2 Å². The van der Waals surface area contributed by atoms with E-state index >= 15 is 0 Å². The summed E-state index contributed by atoms with van der Waals surface area (Å²) >= 11 is 11.6. The lowest BCUT2D eigenvalue weighted by Gasteiger charge is -2.06. The molecule has 0 unspecified atom stereocenters. The van der Waals surface area contributed by atoms with Gasteiger partial charge in [-0.2, -0.15) is 0 Å². The van der Waals surface area contributed by atoms with Gasteiger partial charge in [-0.3, -0.25) is 4.79 Å². The van der Waals surface area contributed by atoms with E-state index in [0.29, 0.717) is 6.42 Å². The smallest absolute Gasteiger partial charge is 0.225 e. The first kappa shape index (κ1) is 14.2. The Morgan fingerprint density at radius 2 is 2.06 bits per heavy atom. The second-order valence-corrected chi connectivity index (χ2v) is 4.42. The van der Waals surface area contributed by atoms with Gasteiger partial charge in [0.2, 0.25) is 5.91 Å². The maximum absolute atomic E-state index is 11.6. The highest BCUT2D eigenvalue weighted by atomic mass is 35.5. The van der Waals surface area contributed by atoms with Crippen LogP contribution < -0.4 is 5.32 Å². The van der Waals surface area contributed by atoms with Gasteiger partial charge in [-0.1, -0.05) is 49.4 Å². The molecule has 0 aliphatic heterocycles. The van der Waals surface area contributed by atoms with E-state index in [-0.39, 0.29) is 21.9 Å². The number of carbonyl (C=O) groups excluding carboxylic acids is 1. The molecule has 1 rings (SSSR count). The number of carbonyl (C=O) groups is 1. The van der Waals surface area contributed by atoms with Crippen LogP contribution in [-0.4, -0.2) is 15.9 Å². The van der Waals surface area contributed by atoms with Crippen molar-refractivity contribution in [3.05, 3.63) is 16.5 Å². The summed E-state index contributed by atoms with van der Waals surface area (Å²) in [6.07, 6.45) is 5.96. The van der Waals surface area contributed by atoms with Crippen molar-refractivity contribution >= 4 is 34.9 Å². The second kappa shape index (κ2) is 7.45. The zero-order valence-corrected chi connectivity index (χ0v) is 11.2. The average molecular weight is 276 g/mol. The summed E-state index contributed by atoms with van der Waals surface area (Å²) < 4.78 is 0. The van der Waals surface area contributed by atoms with Crippen LogP contribution >= 0.6 is 23.2 Å². The average Bonchev–Trinajstić information content (AvgIpc) is 2.31. The lowest BCUT2D eigenvalue weighted by atomic mass is 10.1. The van der Waals surface area contributed by atoms with Gasteiger partial charge in [0.1, 0.15) is 11.3 Å². The van der Waals surface area contributed by atoms with Crippen molar-refractivity contribution in [3.63, 3.8) is 0 Å². The van der Waals surface area contributed by atoms with Gasteiger partial charge in [-0.05, 0) is 6.42 Å². The summed E-state index contributed by atoms with van der Waals surface area (Å²) in [6.45, 7) is 2.13. The van der Waals surface area contributed by atoms with E-state index in [1.165, 1.54) is 6.33 Å². The summed E-state index contributed by atoms with van der Waals surface area (Å²) in [5.41, 5.74) is 0. The van der Waals surface area contributed by atoms with Crippen molar-refractivity contribution in [2.24, 2.45) is 0 Å². The fourth-order valence-corrected chi connectivity index (χ4v) is 1.62. The van der Waals surface area contributed by atoms with E-state index < -0.39 is 0 Å². The highest BCUT2D eigenvalue weighted by molar-refractivity contribution is 6.42. The quantitative estimate of drug-likeness (QED) is 0.636. The van der Waals surface area contributed by atoms with Crippen molar-refractivity contribution < 1.29 is 4.79 Å². The Morgan fingerprint density at radius 1 is 1.29 bits per heavy atom. The number of nitrogens with zero attached hydrogens (tertiary/aromatic N) is 2. The first-order valence-electron chi connectivity index (χ1n) is 5.61. The maximum Gasteiger partial charge on any atom is 0.225 e. The van der Waals surface area contributed by atoms with E-state index in [9.17, 15) is 4.79 Å². The van der Waals surface area contributed by atoms with Crippen molar-refractivity contribution in [3.8, 4) is 0 Å². The summed E-state index contributed by atoms with van der Waals surface area (Å²) in [7, 11) is 0. The molecule has 1 heterocycles. The second-order valence-electron chi connectivity index (χ2n) is 3.69. The first-order valence-corrected chi connectivity index (χ1v) is 6.36. The molecule has 0 atom stereocenters.